The van der Waals surface area contributed by atoms with Gasteiger partial charge in [0.05, 0.1) is 11.6 Å². The Hall–Kier alpha value is -1.32. The molecule has 94 valence electrons. The average molecular weight is 266 g/mol. The molecule has 1 aromatic heterocycles. The predicted molar refractivity (Wildman–Crippen MR) is 69.0 cm³/mol. The molecule has 1 aliphatic carbocycles. The van der Waals surface area contributed by atoms with Crippen LogP contribution >= 0.6 is 11.6 Å². The lowest BCUT2D eigenvalue weighted by Crippen LogP contribution is -2.14. The quantitative estimate of drug-likeness (QED) is 0.904. The molecule has 3 rings (SSSR count). The molecule has 0 saturated heterocycles. The summed E-state index contributed by atoms with van der Waals surface area (Å²) in [5.41, 5.74) is 0.791. The Kier molecular flexibility index (Phi) is 3.10. The Morgan fingerprint density at radius 2 is 2.11 bits per heavy atom. The van der Waals surface area contributed by atoms with Crippen LogP contribution in [0.25, 0.3) is 11.3 Å². The maximum absolute atomic E-state index is 13.1. The highest BCUT2D eigenvalue weighted by Crippen LogP contribution is 2.27. The maximum Gasteiger partial charge on any atom is 0.141 e. The summed E-state index contributed by atoms with van der Waals surface area (Å²) in [5.74, 6) is 1.18. The van der Waals surface area contributed by atoms with Gasteiger partial charge in [0.1, 0.15) is 17.3 Å². The van der Waals surface area contributed by atoms with Gasteiger partial charge in [-0.15, -0.1) is 0 Å². The molecule has 1 aliphatic rings. The minimum atomic E-state index is -0.414. The summed E-state index contributed by atoms with van der Waals surface area (Å²) < 4.78 is 18.8. The summed E-state index contributed by atoms with van der Waals surface area (Å²) in [6.45, 7) is 0.736. The Morgan fingerprint density at radius 3 is 2.83 bits per heavy atom. The molecule has 18 heavy (non-hydrogen) atoms. The van der Waals surface area contributed by atoms with Crippen LogP contribution in [-0.4, -0.2) is 6.04 Å². The summed E-state index contributed by atoms with van der Waals surface area (Å²) >= 11 is 5.75. The highest BCUT2D eigenvalue weighted by molar-refractivity contribution is 6.31. The second-order valence-corrected chi connectivity index (χ2v) is 4.96. The van der Waals surface area contributed by atoms with E-state index in [1.54, 1.807) is 12.1 Å². The number of furan rings is 1. The standard InChI is InChI=1S/C14H13ClFNO/c15-12-7-9(1-5-13(12)16)14-6-4-11(18-14)8-17-10-2-3-10/h1,4-7,10,17H,2-3,8H2. The molecule has 1 aromatic carbocycles. The van der Waals surface area contributed by atoms with Gasteiger partial charge in [-0.3, -0.25) is 0 Å². The van der Waals surface area contributed by atoms with Crippen molar-refractivity contribution >= 4 is 11.6 Å². The van der Waals surface area contributed by atoms with Crippen molar-refractivity contribution in [3.63, 3.8) is 0 Å². The molecule has 1 fully saturated rings. The molecule has 2 nitrogen and oxygen atoms in total. The summed E-state index contributed by atoms with van der Waals surface area (Å²) in [7, 11) is 0. The summed E-state index contributed by atoms with van der Waals surface area (Å²) in [6.07, 6.45) is 2.50. The fourth-order valence-corrected chi connectivity index (χ4v) is 1.99. The topological polar surface area (TPSA) is 25.2 Å². The van der Waals surface area contributed by atoms with Gasteiger partial charge in [0.2, 0.25) is 0 Å². The first-order valence-electron chi connectivity index (χ1n) is 6.00. The van der Waals surface area contributed by atoms with Gasteiger partial charge >= 0.3 is 0 Å². The van der Waals surface area contributed by atoms with Crippen molar-refractivity contribution in [3.05, 3.63) is 46.9 Å². The van der Waals surface area contributed by atoms with Crippen molar-refractivity contribution in [1.29, 1.82) is 0 Å². The molecule has 0 radical (unpaired) electrons. The van der Waals surface area contributed by atoms with Gasteiger partial charge in [-0.2, -0.15) is 0 Å². The van der Waals surface area contributed by atoms with Crippen LogP contribution in [0.4, 0.5) is 4.39 Å². The fraction of sp³-hybridized carbons (Fsp3) is 0.286. The van der Waals surface area contributed by atoms with Gasteiger partial charge in [0.25, 0.3) is 0 Å². The van der Waals surface area contributed by atoms with Crippen molar-refractivity contribution in [3.8, 4) is 11.3 Å². The minimum absolute atomic E-state index is 0.113. The SMILES string of the molecule is Fc1ccc(-c2ccc(CNC3CC3)o2)cc1Cl. The van der Waals surface area contributed by atoms with Crippen LogP contribution in [0.5, 0.6) is 0 Å². The van der Waals surface area contributed by atoms with Gasteiger partial charge in [-0.25, -0.2) is 4.39 Å². The van der Waals surface area contributed by atoms with E-state index < -0.39 is 5.82 Å². The first-order valence-corrected chi connectivity index (χ1v) is 6.38. The largest absolute Gasteiger partial charge is 0.460 e. The van der Waals surface area contributed by atoms with Crippen LogP contribution < -0.4 is 5.32 Å². The van der Waals surface area contributed by atoms with E-state index in [2.05, 4.69) is 5.32 Å². The van der Waals surface area contributed by atoms with E-state index in [0.717, 1.165) is 17.9 Å². The summed E-state index contributed by atoms with van der Waals surface area (Å²) in [4.78, 5) is 0. The zero-order valence-corrected chi connectivity index (χ0v) is 10.5. The molecular formula is C14H13ClFNO. The van der Waals surface area contributed by atoms with E-state index >= 15 is 0 Å². The van der Waals surface area contributed by atoms with Crippen molar-refractivity contribution in [2.24, 2.45) is 0 Å². The highest BCUT2D eigenvalue weighted by Gasteiger charge is 2.20. The van der Waals surface area contributed by atoms with Crippen LogP contribution in [0.2, 0.25) is 5.02 Å². The molecule has 0 spiro atoms. The summed E-state index contributed by atoms with van der Waals surface area (Å²) in [5, 5.41) is 3.49. The van der Waals surface area contributed by atoms with Crippen LogP contribution in [0, 0.1) is 5.82 Å². The Balaban J connectivity index is 1.76. The third-order valence-corrected chi connectivity index (χ3v) is 3.30. The Bertz CT molecular complexity index is 563. The van der Waals surface area contributed by atoms with E-state index in [-0.39, 0.29) is 5.02 Å². The molecule has 1 heterocycles. The number of hydrogen-bond acceptors (Lipinski definition) is 2. The molecule has 0 atom stereocenters. The van der Waals surface area contributed by atoms with Crippen LogP contribution in [0.15, 0.2) is 34.7 Å². The molecule has 1 saturated carbocycles. The monoisotopic (exact) mass is 265 g/mol. The van der Waals surface area contributed by atoms with Crippen LogP contribution in [0.1, 0.15) is 18.6 Å². The summed E-state index contributed by atoms with van der Waals surface area (Å²) in [6, 6.07) is 9.06. The molecule has 0 unspecified atom stereocenters. The number of halogens is 2. The highest BCUT2D eigenvalue weighted by atomic mass is 35.5. The van der Waals surface area contributed by atoms with Gasteiger partial charge in [0.15, 0.2) is 0 Å². The first kappa shape index (κ1) is 11.8. The van der Waals surface area contributed by atoms with E-state index in [1.165, 1.54) is 18.9 Å². The van der Waals surface area contributed by atoms with Gasteiger partial charge in [-0.1, -0.05) is 11.6 Å². The van der Waals surface area contributed by atoms with E-state index in [9.17, 15) is 4.39 Å². The molecular weight excluding hydrogens is 253 g/mol. The van der Waals surface area contributed by atoms with Crippen molar-refractivity contribution in [2.75, 3.05) is 0 Å². The number of nitrogens with one attached hydrogen (secondary N) is 1. The van der Waals surface area contributed by atoms with E-state index in [1.807, 2.05) is 12.1 Å². The molecule has 4 heteroatoms. The second kappa shape index (κ2) is 4.75. The molecule has 0 aliphatic heterocycles. The Labute approximate surface area is 110 Å². The molecule has 2 aromatic rings. The van der Waals surface area contributed by atoms with Gasteiger partial charge in [-0.05, 0) is 43.2 Å². The van der Waals surface area contributed by atoms with Gasteiger partial charge in [0, 0.05) is 11.6 Å². The lowest BCUT2D eigenvalue weighted by molar-refractivity contribution is 0.492. The molecule has 0 amide bonds. The average Bonchev–Trinajstić information content (AvgIpc) is 3.08. The lowest BCUT2D eigenvalue weighted by atomic mass is 10.2. The molecule has 0 bridgehead atoms. The van der Waals surface area contributed by atoms with E-state index in [4.69, 9.17) is 16.0 Å². The van der Waals surface area contributed by atoms with Crippen molar-refractivity contribution in [1.82, 2.24) is 5.32 Å². The lowest BCUT2D eigenvalue weighted by Gasteiger charge is -2.00. The first-order chi connectivity index (χ1) is 8.72. The number of rotatable bonds is 4. The minimum Gasteiger partial charge on any atom is -0.460 e. The van der Waals surface area contributed by atoms with Crippen LogP contribution in [-0.2, 0) is 6.54 Å². The zero-order valence-electron chi connectivity index (χ0n) is 9.75. The Morgan fingerprint density at radius 1 is 1.28 bits per heavy atom. The fourth-order valence-electron chi connectivity index (χ4n) is 1.81. The van der Waals surface area contributed by atoms with Crippen molar-refractivity contribution in [2.45, 2.75) is 25.4 Å². The third-order valence-electron chi connectivity index (χ3n) is 3.01. The predicted octanol–water partition coefficient (Wildman–Crippen LogP) is 3.99. The molecule has 1 N–H and O–H groups in total. The third kappa shape index (κ3) is 2.57. The van der Waals surface area contributed by atoms with Gasteiger partial charge < -0.3 is 9.73 Å². The van der Waals surface area contributed by atoms with E-state index in [0.29, 0.717) is 11.8 Å². The zero-order chi connectivity index (χ0) is 12.5. The number of hydrogen-bond donors (Lipinski definition) is 1. The maximum atomic E-state index is 13.1. The van der Waals surface area contributed by atoms with Crippen LogP contribution in [0.3, 0.4) is 0 Å². The van der Waals surface area contributed by atoms with Crippen molar-refractivity contribution < 1.29 is 8.81 Å². The number of benzene rings is 1. The smallest absolute Gasteiger partial charge is 0.141 e. The normalized spacial score (nSPS) is 15.0. The second-order valence-electron chi connectivity index (χ2n) is 4.55.